The van der Waals surface area contributed by atoms with Crippen LogP contribution in [0.15, 0.2) is 46.6 Å². The van der Waals surface area contributed by atoms with Crippen molar-refractivity contribution < 1.29 is 37.8 Å². The Morgan fingerprint density at radius 1 is 1.31 bits per heavy atom. The highest BCUT2D eigenvalue weighted by Gasteiger charge is 2.79. The van der Waals surface area contributed by atoms with Crippen LogP contribution in [0.3, 0.4) is 0 Å². The molecule has 2 heterocycles. The maximum atomic E-state index is 17.3. The highest BCUT2D eigenvalue weighted by Crippen LogP contribution is 2.72. The van der Waals surface area contributed by atoms with Gasteiger partial charge in [0.1, 0.15) is 12.4 Å². The normalized spacial score (nSPS) is 45.9. The predicted molar refractivity (Wildman–Crippen MR) is 122 cm³/mol. The Labute approximate surface area is 207 Å². The quantitative estimate of drug-likeness (QED) is 0.651. The summed E-state index contributed by atoms with van der Waals surface area (Å²) in [5, 5.41) is 23.2. The Morgan fingerprint density at radius 2 is 2.08 bits per heavy atom. The van der Waals surface area contributed by atoms with Gasteiger partial charge in [-0.2, -0.15) is 5.06 Å². The molecule has 1 saturated heterocycles. The van der Waals surface area contributed by atoms with Gasteiger partial charge in [0, 0.05) is 47.6 Å². The Balaban J connectivity index is 1.43. The first kappa shape index (κ1) is 24.2. The number of Topliss-reactive ketones (excluding diaryl/α,β-unsaturated/α-hetero) is 1. The largest absolute Gasteiger partial charge is 0.472 e. The zero-order valence-corrected chi connectivity index (χ0v) is 20.4. The van der Waals surface area contributed by atoms with Gasteiger partial charge in [-0.1, -0.05) is 13.0 Å². The molecule has 0 bridgehead atoms. The van der Waals surface area contributed by atoms with Gasteiger partial charge >= 0.3 is 0 Å². The lowest BCUT2D eigenvalue weighted by Crippen LogP contribution is -2.69. The molecule has 0 amide bonds. The Bertz CT molecular complexity index is 1180. The van der Waals surface area contributed by atoms with Crippen LogP contribution in [0.5, 0.6) is 0 Å². The van der Waals surface area contributed by atoms with Crippen LogP contribution in [-0.4, -0.2) is 57.4 Å². The number of carbonyl (C=O) groups excluding carboxylic acids is 2. The summed E-state index contributed by atoms with van der Waals surface area (Å²) in [4.78, 5) is 31.9. The van der Waals surface area contributed by atoms with Gasteiger partial charge in [0.25, 0.3) is 0 Å². The number of hydroxylamine groups is 2. The summed E-state index contributed by atoms with van der Waals surface area (Å²) >= 11 is 0. The zero-order valence-electron chi connectivity index (χ0n) is 20.4. The second kappa shape index (κ2) is 7.66. The van der Waals surface area contributed by atoms with Crippen LogP contribution in [0.2, 0.25) is 0 Å². The summed E-state index contributed by atoms with van der Waals surface area (Å²) in [6.07, 6.45) is 4.18. The molecular weight excluding hydrogens is 472 g/mol. The molecular formula is C27H31F2NO6. The van der Waals surface area contributed by atoms with Gasteiger partial charge in [0.2, 0.25) is 0 Å². The third kappa shape index (κ3) is 2.75. The molecule has 2 N–H and O–H groups in total. The summed E-state index contributed by atoms with van der Waals surface area (Å²) in [6.45, 7) is 3.37. The van der Waals surface area contributed by atoms with Crippen LogP contribution in [0.1, 0.15) is 45.1 Å². The molecule has 0 spiro atoms. The zero-order chi connectivity index (χ0) is 25.7. The third-order valence-electron chi connectivity index (χ3n) is 10.2. The van der Waals surface area contributed by atoms with Crippen LogP contribution in [0.25, 0.3) is 0 Å². The van der Waals surface area contributed by atoms with E-state index < -0.39 is 58.3 Å². The summed E-state index contributed by atoms with van der Waals surface area (Å²) in [5.74, 6) is -3.06. The van der Waals surface area contributed by atoms with Crippen molar-refractivity contribution in [2.75, 3.05) is 13.2 Å². The predicted octanol–water partition coefficient (Wildman–Crippen LogP) is 3.22. The molecule has 1 aromatic rings. The van der Waals surface area contributed by atoms with Gasteiger partial charge in [-0.25, -0.2) is 8.78 Å². The van der Waals surface area contributed by atoms with E-state index in [1.807, 2.05) is 6.92 Å². The number of aliphatic hydroxyl groups excluding tert-OH is 2. The van der Waals surface area contributed by atoms with E-state index in [4.69, 9.17) is 9.25 Å². The molecule has 1 aliphatic heterocycles. The first-order valence-corrected chi connectivity index (χ1v) is 12.6. The smallest absolute Gasteiger partial charge is 0.192 e. The van der Waals surface area contributed by atoms with Crippen molar-refractivity contribution in [3.05, 3.63) is 47.7 Å². The molecule has 0 aromatic carbocycles. The number of nitrogens with zero attached hydrogens (tertiary/aromatic N) is 1. The Kier molecular flexibility index (Phi) is 5.14. The van der Waals surface area contributed by atoms with Crippen molar-refractivity contribution in [3.8, 4) is 0 Å². The molecule has 6 rings (SSSR count). The first-order chi connectivity index (χ1) is 17.0. The van der Waals surface area contributed by atoms with E-state index in [2.05, 4.69) is 0 Å². The minimum Gasteiger partial charge on any atom is -0.472 e. The first-order valence-electron chi connectivity index (χ1n) is 12.6. The minimum absolute atomic E-state index is 0.0846. The number of carbonyl (C=O) groups is 2. The van der Waals surface area contributed by atoms with Crippen molar-refractivity contribution in [2.45, 2.75) is 63.4 Å². The number of halogens is 2. The van der Waals surface area contributed by atoms with Gasteiger partial charge in [0.15, 0.2) is 22.8 Å². The number of fused-ring (bicyclic) bond motifs is 7. The molecule has 9 heteroatoms. The molecule has 1 aromatic heterocycles. The third-order valence-corrected chi connectivity index (χ3v) is 10.2. The second-order valence-corrected chi connectivity index (χ2v) is 11.7. The van der Waals surface area contributed by atoms with Gasteiger partial charge in [-0.3, -0.25) is 14.4 Å². The highest BCUT2D eigenvalue weighted by molar-refractivity contribution is 5.94. The monoisotopic (exact) mass is 503 g/mol. The van der Waals surface area contributed by atoms with E-state index in [1.165, 1.54) is 12.2 Å². The van der Waals surface area contributed by atoms with Gasteiger partial charge in [0.05, 0.1) is 25.2 Å². The van der Waals surface area contributed by atoms with Crippen LogP contribution in [0.4, 0.5) is 8.78 Å². The van der Waals surface area contributed by atoms with Gasteiger partial charge < -0.3 is 14.6 Å². The fourth-order valence-corrected chi connectivity index (χ4v) is 8.59. The molecule has 3 fully saturated rings. The average Bonchev–Trinajstić information content (AvgIpc) is 3.53. The van der Waals surface area contributed by atoms with Crippen LogP contribution in [0, 0.1) is 28.6 Å². The van der Waals surface area contributed by atoms with E-state index in [9.17, 15) is 19.8 Å². The Hall–Kier alpha value is -2.20. The number of alkyl halides is 1. The molecule has 5 aliphatic rings. The number of rotatable bonds is 4. The molecule has 2 saturated carbocycles. The number of ketones is 2. The number of hydrogen-bond acceptors (Lipinski definition) is 7. The van der Waals surface area contributed by atoms with Crippen molar-refractivity contribution in [1.82, 2.24) is 5.06 Å². The lowest BCUT2D eigenvalue weighted by molar-refractivity contribution is -0.267. The molecule has 4 aliphatic carbocycles. The van der Waals surface area contributed by atoms with Crippen molar-refractivity contribution in [3.63, 3.8) is 0 Å². The standard InChI is InChI=1S/C27H31F2NO6/c1-24-5-3-17(32)8-20(24)21(28)9-19-18-7-16-12-30(11-15-4-6-35-14-15)36-27(16,23(34)13-31)25(18,2)10-22(33)26(19,24)29/h3-6,14,16,18-19,22,31,33H,7-13H2,1-2H3/t16-,18-,19-,22-,24-,25-,26-,27-/m0/s1. The number of aliphatic hydroxyl groups is 2. The number of allylic oxidation sites excluding steroid dienone is 4. The molecule has 8 atom stereocenters. The van der Waals surface area contributed by atoms with Crippen molar-refractivity contribution >= 4 is 11.6 Å². The maximum absolute atomic E-state index is 17.3. The van der Waals surface area contributed by atoms with Gasteiger partial charge in [-0.15, -0.1) is 0 Å². The number of hydrogen-bond donors (Lipinski definition) is 2. The minimum atomic E-state index is -2.21. The Morgan fingerprint density at radius 3 is 2.78 bits per heavy atom. The average molecular weight is 504 g/mol. The van der Waals surface area contributed by atoms with Crippen LogP contribution >= 0.6 is 0 Å². The molecule has 0 radical (unpaired) electrons. The van der Waals surface area contributed by atoms with E-state index >= 15 is 8.78 Å². The van der Waals surface area contributed by atoms with Crippen molar-refractivity contribution in [2.24, 2.45) is 28.6 Å². The van der Waals surface area contributed by atoms with E-state index in [0.29, 0.717) is 19.5 Å². The van der Waals surface area contributed by atoms with E-state index in [0.717, 1.165) is 5.56 Å². The summed E-state index contributed by atoms with van der Waals surface area (Å²) in [5.41, 5.74) is -5.21. The molecule has 36 heavy (non-hydrogen) atoms. The van der Waals surface area contributed by atoms with E-state index in [1.54, 1.807) is 30.6 Å². The summed E-state index contributed by atoms with van der Waals surface area (Å²) < 4.78 is 38.0. The summed E-state index contributed by atoms with van der Waals surface area (Å²) in [7, 11) is 0. The van der Waals surface area contributed by atoms with Crippen LogP contribution in [-0.2, 0) is 21.0 Å². The van der Waals surface area contributed by atoms with Crippen molar-refractivity contribution in [1.29, 1.82) is 0 Å². The molecule has 194 valence electrons. The lowest BCUT2D eigenvalue weighted by atomic mass is 9.45. The van der Waals surface area contributed by atoms with E-state index in [-0.39, 0.29) is 36.5 Å². The number of furan rings is 1. The maximum Gasteiger partial charge on any atom is 0.192 e. The van der Waals surface area contributed by atoms with Crippen LogP contribution < -0.4 is 0 Å². The molecule has 7 nitrogen and oxygen atoms in total. The second-order valence-electron chi connectivity index (χ2n) is 11.7. The molecule has 0 unspecified atom stereocenters. The van der Waals surface area contributed by atoms with Gasteiger partial charge in [-0.05, 0) is 43.4 Å². The lowest BCUT2D eigenvalue weighted by Gasteiger charge is -2.62. The fourth-order valence-electron chi connectivity index (χ4n) is 8.59. The fraction of sp³-hybridized carbons (Fsp3) is 0.630. The topological polar surface area (TPSA) is 100 Å². The highest BCUT2D eigenvalue weighted by atomic mass is 19.1. The summed E-state index contributed by atoms with van der Waals surface area (Å²) in [6, 6.07) is 1.79. The SMILES string of the molecule is C[C@]12C=CC(=O)CC1=C(F)C[C@H]1[C@@H]3C[C@H]4CN(Cc5ccoc5)O[C@@]4(C(=O)CO)[C@@]3(C)C[C@H](O)[C@@]12F.